The summed E-state index contributed by atoms with van der Waals surface area (Å²) in [4.78, 5) is 25.8. The number of rotatable bonds is 6. The molecule has 0 aliphatic heterocycles. The van der Waals surface area contributed by atoms with Gasteiger partial charge in [-0.05, 0) is 38.1 Å². The minimum atomic E-state index is -0.461. The maximum Gasteiger partial charge on any atom is 0.261 e. The van der Waals surface area contributed by atoms with Crippen LogP contribution in [0.1, 0.15) is 21.5 Å². The average molecular weight is 370 g/mol. The van der Waals surface area contributed by atoms with Crippen molar-refractivity contribution in [1.82, 2.24) is 0 Å². The molecule has 1 amide bonds. The Kier molecular flexibility index (Phi) is 6.02. The van der Waals surface area contributed by atoms with Crippen molar-refractivity contribution in [2.75, 3.05) is 10.6 Å². The van der Waals surface area contributed by atoms with Crippen LogP contribution in [0.3, 0.4) is 0 Å². The molecule has 0 aliphatic carbocycles. The molecule has 0 heterocycles. The molecule has 2 N–H and O–H groups in total. The first kappa shape index (κ1) is 19.1. The highest BCUT2D eigenvalue weighted by Crippen LogP contribution is 2.15. The fraction of sp³-hybridized carbons (Fsp3) is 0.0833. The Hall–Kier alpha value is -3.66. The Morgan fingerprint density at radius 2 is 1.25 bits per heavy atom. The second kappa shape index (κ2) is 8.82. The first-order valence-electron chi connectivity index (χ1n) is 9.04. The number of nitrogens with one attached hydrogen (secondary N) is 2. The van der Waals surface area contributed by atoms with Gasteiger partial charge in [0.1, 0.15) is 5.57 Å². The van der Waals surface area contributed by atoms with E-state index in [1.165, 1.54) is 6.20 Å². The van der Waals surface area contributed by atoms with Crippen LogP contribution < -0.4 is 10.6 Å². The Morgan fingerprint density at radius 3 is 1.82 bits per heavy atom. The van der Waals surface area contributed by atoms with E-state index < -0.39 is 5.91 Å². The van der Waals surface area contributed by atoms with Crippen molar-refractivity contribution in [2.24, 2.45) is 0 Å². The van der Waals surface area contributed by atoms with Gasteiger partial charge in [-0.15, -0.1) is 0 Å². The predicted molar refractivity (Wildman–Crippen MR) is 113 cm³/mol. The van der Waals surface area contributed by atoms with Gasteiger partial charge in [0.2, 0.25) is 0 Å². The standard InChI is InChI=1S/C24H22N2O2/c1-17-8-12-20(13-9-17)25-16-22(23(27)19-6-4-3-5-7-19)24(28)26-21-14-10-18(2)11-15-21/h3-16,25H,1-2H3,(H,26,28). The van der Waals surface area contributed by atoms with E-state index in [1.807, 2.05) is 68.4 Å². The number of amides is 1. The van der Waals surface area contributed by atoms with Crippen LogP contribution >= 0.6 is 0 Å². The van der Waals surface area contributed by atoms with Gasteiger partial charge in [0, 0.05) is 23.1 Å². The lowest BCUT2D eigenvalue weighted by Gasteiger charge is -2.10. The van der Waals surface area contributed by atoms with Crippen molar-refractivity contribution in [2.45, 2.75) is 13.8 Å². The number of aryl methyl sites for hydroxylation is 2. The van der Waals surface area contributed by atoms with Gasteiger partial charge in [-0.1, -0.05) is 65.7 Å². The third kappa shape index (κ3) is 4.95. The summed E-state index contributed by atoms with van der Waals surface area (Å²) in [6, 6.07) is 23.9. The Balaban J connectivity index is 1.87. The van der Waals surface area contributed by atoms with Gasteiger partial charge in [0.25, 0.3) is 5.91 Å². The van der Waals surface area contributed by atoms with E-state index in [0.29, 0.717) is 11.3 Å². The molecule has 3 aromatic rings. The largest absolute Gasteiger partial charge is 0.361 e. The van der Waals surface area contributed by atoms with Crippen molar-refractivity contribution >= 4 is 23.1 Å². The molecular formula is C24H22N2O2. The third-order valence-corrected chi connectivity index (χ3v) is 4.27. The van der Waals surface area contributed by atoms with Crippen LogP contribution in [0.25, 0.3) is 0 Å². The highest BCUT2D eigenvalue weighted by Gasteiger charge is 2.20. The number of anilines is 2. The smallest absolute Gasteiger partial charge is 0.261 e. The van der Waals surface area contributed by atoms with Crippen LogP contribution in [0.5, 0.6) is 0 Å². The molecule has 4 heteroatoms. The molecule has 0 saturated heterocycles. The zero-order chi connectivity index (χ0) is 19.9. The molecule has 0 bridgehead atoms. The molecule has 0 radical (unpaired) electrons. The fourth-order valence-corrected chi connectivity index (χ4v) is 2.62. The molecule has 0 atom stereocenters. The van der Waals surface area contributed by atoms with Crippen LogP contribution in [0.15, 0.2) is 90.6 Å². The van der Waals surface area contributed by atoms with E-state index in [-0.39, 0.29) is 11.4 Å². The van der Waals surface area contributed by atoms with Gasteiger partial charge < -0.3 is 10.6 Å². The second-order valence-electron chi connectivity index (χ2n) is 6.58. The molecule has 3 rings (SSSR count). The predicted octanol–water partition coefficient (Wildman–Crippen LogP) is 5.12. The van der Waals surface area contributed by atoms with E-state index in [0.717, 1.165) is 16.8 Å². The topological polar surface area (TPSA) is 58.2 Å². The van der Waals surface area contributed by atoms with Crippen LogP contribution in [-0.2, 0) is 4.79 Å². The number of hydrogen-bond donors (Lipinski definition) is 2. The maximum absolute atomic E-state index is 12.9. The number of hydrogen-bond acceptors (Lipinski definition) is 3. The Morgan fingerprint density at radius 1 is 0.714 bits per heavy atom. The molecule has 0 aliphatic rings. The molecule has 140 valence electrons. The van der Waals surface area contributed by atoms with Gasteiger partial charge >= 0.3 is 0 Å². The highest BCUT2D eigenvalue weighted by molar-refractivity contribution is 6.28. The van der Waals surface area contributed by atoms with Crippen molar-refractivity contribution in [3.05, 3.63) is 107 Å². The molecule has 0 saturated carbocycles. The Labute approximate surface area is 164 Å². The van der Waals surface area contributed by atoms with Crippen LogP contribution in [-0.4, -0.2) is 11.7 Å². The number of ketones is 1. The zero-order valence-electron chi connectivity index (χ0n) is 15.9. The lowest BCUT2D eigenvalue weighted by molar-refractivity contribution is -0.112. The summed E-state index contributed by atoms with van der Waals surface area (Å²) in [5, 5.41) is 5.85. The van der Waals surface area contributed by atoms with Crippen molar-refractivity contribution in [3.8, 4) is 0 Å². The summed E-state index contributed by atoms with van der Waals surface area (Å²) in [6.07, 6.45) is 1.46. The maximum atomic E-state index is 12.9. The van der Waals surface area contributed by atoms with Gasteiger partial charge in [-0.25, -0.2) is 0 Å². The van der Waals surface area contributed by atoms with Crippen LogP contribution in [0, 0.1) is 13.8 Å². The minimum absolute atomic E-state index is 0.0346. The summed E-state index contributed by atoms with van der Waals surface area (Å²) >= 11 is 0. The van der Waals surface area contributed by atoms with E-state index in [4.69, 9.17) is 0 Å². The normalized spacial score (nSPS) is 11.0. The average Bonchev–Trinajstić information content (AvgIpc) is 2.72. The second-order valence-corrected chi connectivity index (χ2v) is 6.58. The first-order chi connectivity index (χ1) is 13.5. The van der Waals surface area contributed by atoms with E-state index in [9.17, 15) is 9.59 Å². The van der Waals surface area contributed by atoms with Gasteiger partial charge in [0.05, 0.1) is 0 Å². The van der Waals surface area contributed by atoms with Gasteiger partial charge in [-0.2, -0.15) is 0 Å². The summed E-state index contributed by atoms with van der Waals surface area (Å²) in [5.41, 5.74) is 4.15. The van der Waals surface area contributed by atoms with E-state index in [2.05, 4.69) is 10.6 Å². The lowest BCUT2D eigenvalue weighted by Crippen LogP contribution is -2.21. The molecule has 28 heavy (non-hydrogen) atoms. The van der Waals surface area contributed by atoms with Crippen LogP contribution in [0.4, 0.5) is 11.4 Å². The summed E-state index contributed by atoms with van der Waals surface area (Å²) in [5.74, 6) is -0.804. The highest BCUT2D eigenvalue weighted by atomic mass is 16.2. The molecule has 0 aromatic heterocycles. The third-order valence-electron chi connectivity index (χ3n) is 4.27. The van der Waals surface area contributed by atoms with Crippen LogP contribution in [0.2, 0.25) is 0 Å². The molecule has 0 spiro atoms. The SMILES string of the molecule is Cc1ccc(NC=C(C(=O)Nc2ccc(C)cc2)C(=O)c2ccccc2)cc1. The minimum Gasteiger partial charge on any atom is -0.361 e. The molecule has 3 aromatic carbocycles. The van der Waals surface area contributed by atoms with E-state index in [1.54, 1.807) is 24.3 Å². The van der Waals surface area contributed by atoms with Gasteiger partial charge in [0.15, 0.2) is 5.78 Å². The number of benzene rings is 3. The zero-order valence-corrected chi connectivity index (χ0v) is 15.9. The molecular weight excluding hydrogens is 348 g/mol. The Bertz CT molecular complexity index is 989. The number of carbonyl (C=O) groups excluding carboxylic acids is 2. The number of Topliss-reactive ketones (excluding diaryl/α,β-unsaturated/α-hetero) is 1. The summed E-state index contributed by atoms with van der Waals surface area (Å²) < 4.78 is 0. The summed E-state index contributed by atoms with van der Waals surface area (Å²) in [6.45, 7) is 3.97. The molecule has 0 fully saturated rings. The van der Waals surface area contributed by atoms with Gasteiger partial charge in [-0.3, -0.25) is 9.59 Å². The molecule has 0 unspecified atom stereocenters. The van der Waals surface area contributed by atoms with Crippen molar-refractivity contribution in [3.63, 3.8) is 0 Å². The van der Waals surface area contributed by atoms with Crippen molar-refractivity contribution < 1.29 is 9.59 Å². The fourth-order valence-electron chi connectivity index (χ4n) is 2.62. The monoisotopic (exact) mass is 370 g/mol. The molecule has 4 nitrogen and oxygen atoms in total. The van der Waals surface area contributed by atoms with Crippen molar-refractivity contribution in [1.29, 1.82) is 0 Å². The van der Waals surface area contributed by atoms with E-state index >= 15 is 0 Å². The first-order valence-corrected chi connectivity index (χ1v) is 9.04. The lowest BCUT2D eigenvalue weighted by atomic mass is 10.0. The number of carbonyl (C=O) groups is 2. The summed E-state index contributed by atoms with van der Waals surface area (Å²) in [7, 11) is 0. The quantitative estimate of drug-likeness (QED) is 0.274.